The van der Waals surface area contributed by atoms with Crippen LogP contribution in [-0.2, 0) is 17.5 Å². The molecule has 1 fully saturated rings. The van der Waals surface area contributed by atoms with E-state index in [1.807, 2.05) is 11.8 Å². The molecule has 1 aliphatic heterocycles. The largest absolute Gasteiger partial charge is 0.484 e. The van der Waals surface area contributed by atoms with E-state index < -0.39 is 11.7 Å². The topological polar surface area (TPSA) is 42.0 Å². The number of carbonyl (C=O) groups is 1. The van der Waals surface area contributed by atoms with Gasteiger partial charge in [0.25, 0.3) is 5.91 Å². The highest BCUT2D eigenvalue weighted by molar-refractivity contribution is 5.78. The van der Waals surface area contributed by atoms with Crippen LogP contribution in [0.5, 0.6) is 17.2 Å². The van der Waals surface area contributed by atoms with Crippen LogP contribution in [0.1, 0.15) is 25.0 Å². The first-order valence-corrected chi connectivity index (χ1v) is 11.9. The molecular formula is C28H28F4N2O3. The van der Waals surface area contributed by atoms with Crippen molar-refractivity contribution in [2.45, 2.75) is 38.7 Å². The molecule has 3 aromatic rings. The summed E-state index contributed by atoms with van der Waals surface area (Å²) >= 11 is 0. The number of rotatable bonds is 7. The average Bonchev–Trinajstić information content (AvgIpc) is 2.86. The predicted octanol–water partition coefficient (Wildman–Crippen LogP) is 6.14. The normalized spacial score (nSPS) is 18.5. The summed E-state index contributed by atoms with van der Waals surface area (Å²) in [5.74, 6) is 0.799. The molecule has 1 saturated heterocycles. The number of amides is 1. The van der Waals surface area contributed by atoms with Gasteiger partial charge in [-0.1, -0.05) is 12.1 Å². The number of alkyl halides is 3. The third kappa shape index (κ3) is 7.01. The van der Waals surface area contributed by atoms with Crippen LogP contribution in [0.3, 0.4) is 0 Å². The van der Waals surface area contributed by atoms with E-state index in [0.717, 1.165) is 17.7 Å². The second-order valence-electron chi connectivity index (χ2n) is 9.18. The van der Waals surface area contributed by atoms with Crippen molar-refractivity contribution in [2.24, 2.45) is 0 Å². The standard InChI is InChI=1S/C28H28F4N2O3/c1-19-16-34(20(2)15-33(19)17-21-3-7-23(29)8-4-21)27(35)18-36-24-11-13-26(14-12-24)37-25-9-5-22(6-10-25)28(30,31)32/h3-14,19-20H,15-18H2,1-2H3/t19-,20+/m0/s1. The van der Waals surface area contributed by atoms with Gasteiger partial charge in [0, 0.05) is 31.7 Å². The Hall–Kier alpha value is -3.59. The SMILES string of the molecule is C[C@@H]1CN(Cc2ccc(F)cc2)[C@@H](C)CN1C(=O)COc1ccc(Oc2ccc(C(F)(F)F)cc2)cc1. The van der Waals surface area contributed by atoms with Crippen molar-refractivity contribution in [1.82, 2.24) is 9.80 Å². The summed E-state index contributed by atoms with van der Waals surface area (Å²) in [5, 5.41) is 0. The van der Waals surface area contributed by atoms with Crippen LogP contribution >= 0.6 is 0 Å². The Kier molecular flexibility index (Phi) is 8.02. The summed E-state index contributed by atoms with van der Waals surface area (Å²) in [6.07, 6.45) is -4.40. The van der Waals surface area contributed by atoms with Crippen molar-refractivity contribution in [2.75, 3.05) is 19.7 Å². The maximum absolute atomic E-state index is 13.2. The molecule has 0 saturated carbocycles. The maximum atomic E-state index is 13.2. The van der Waals surface area contributed by atoms with Gasteiger partial charge in [0.1, 0.15) is 23.1 Å². The van der Waals surface area contributed by atoms with Crippen LogP contribution in [-0.4, -0.2) is 47.5 Å². The zero-order valence-electron chi connectivity index (χ0n) is 20.5. The van der Waals surface area contributed by atoms with Gasteiger partial charge in [-0.15, -0.1) is 0 Å². The molecule has 4 rings (SSSR count). The number of ether oxygens (including phenoxy) is 2. The fourth-order valence-electron chi connectivity index (χ4n) is 4.27. The lowest BCUT2D eigenvalue weighted by molar-refractivity contribution is -0.139. The summed E-state index contributed by atoms with van der Waals surface area (Å²) in [6.45, 7) is 5.88. The fraction of sp³-hybridized carbons (Fsp3) is 0.321. The number of halogens is 4. The van der Waals surface area contributed by atoms with Crippen LogP contribution in [0.4, 0.5) is 17.6 Å². The summed E-state index contributed by atoms with van der Waals surface area (Å²) in [7, 11) is 0. The first-order chi connectivity index (χ1) is 17.6. The maximum Gasteiger partial charge on any atom is 0.416 e. The van der Waals surface area contributed by atoms with E-state index in [-0.39, 0.29) is 36.2 Å². The van der Waals surface area contributed by atoms with Gasteiger partial charge in [-0.05, 0) is 80.1 Å². The summed E-state index contributed by atoms with van der Waals surface area (Å²) in [5.41, 5.74) is 0.278. The third-order valence-electron chi connectivity index (χ3n) is 6.34. The molecule has 37 heavy (non-hydrogen) atoms. The highest BCUT2D eigenvalue weighted by atomic mass is 19.4. The lowest BCUT2D eigenvalue weighted by atomic mass is 10.1. The Balaban J connectivity index is 1.26. The zero-order valence-corrected chi connectivity index (χ0v) is 20.5. The van der Waals surface area contributed by atoms with Gasteiger partial charge in [0.2, 0.25) is 0 Å². The van der Waals surface area contributed by atoms with Gasteiger partial charge in [0.15, 0.2) is 6.61 Å². The zero-order chi connectivity index (χ0) is 26.6. The van der Waals surface area contributed by atoms with Crippen molar-refractivity contribution in [3.63, 3.8) is 0 Å². The van der Waals surface area contributed by atoms with E-state index in [0.29, 0.717) is 31.1 Å². The molecule has 3 aromatic carbocycles. The molecule has 2 atom stereocenters. The molecule has 5 nitrogen and oxygen atoms in total. The molecule has 196 valence electrons. The van der Waals surface area contributed by atoms with E-state index >= 15 is 0 Å². The highest BCUT2D eigenvalue weighted by Crippen LogP contribution is 2.31. The molecule has 1 amide bonds. The molecule has 0 radical (unpaired) electrons. The van der Waals surface area contributed by atoms with Crippen molar-refractivity contribution in [3.8, 4) is 17.2 Å². The second-order valence-corrected chi connectivity index (χ2v) is 9.18. The minimum atomic E-state index is -4.40. The molecule has 0 bridgehead atoms. The number of nitrogens with zero attached hydrogens (tertiary/aromatic N) is 2. The number of benzene rings is 3. The Bertz CT molecular complexity index is 1180. The van der Waals surface area contributed by atoms with Crippen molar-refractivity contribution in [3.05, 3.63) is 89.7 Å². The first kappa shape index (κ1) is 26.5. The predicted molar refractivity (Wildman–Crippen MR) is 131 cm³/mol. The molecule has 1 heterocycles. The number of carbonyl (C=O) groups excluding carboxylic acids is 1. The molecule has 0 aromatic heterocycles. The molecule has 0 unspecified atom stereocenters. The van der Waals surface area contributed by atoms with Crippen LogP contribution in [0.2, 0.25) is 0 Å². The number of piperazine rings is 1. The van der Waals surface area contributed by atoms with E-state index in [2.05, 4.69) is 11.8 Å². The highest BCUT2D eigenvalue weighted by Gasteiger charge is 2.32. The first-order valence-electron chi connectivity index (χ1n) is 11.9. The van der Waals surface area contributed by atoms with Gasteiger partial charge < -0.3 is 14.4 Å². The van der Waals surface area contributed by atoms with Gasteiger partial charge >= 0.3 is 6.18 Å². The van der Waals surface area contributed by atoms with Gasteiger partial charge in [-0.3, -0.25) is 9.69 Å². The lowest BCUT2D eigenvalue weighted by Crippen LogP contribution is -2.58. The average molecular weight is 517 g/mol. The van der Waals surface area contributed by atoms with E-state index in [9.17, 15) is 22.4 Å². The van der Waals surface area contributed by atoms with Crippen LogP contribution in [0.25, 0.3) is 0 Å². The number of hydrogen-bond acceptors (Lipinski definition) is 4. The molecule has 9 heteroatoms. The van der Waals surface area contributed by atoms with Gasteiger partial charge in [0.05, 0.1) is 5.56 Å². The summed E-state index contributed by atoms with van der Waals surface area (Å²) in [4.78, 5) is 17.0. The van der Waals surface area contributed by atoms with Gasteiger partial charge in [-0.2, -0.15) is 13.2 Å². The van der Waals surface area contributed by atoms with Crippen LogP contribution in [0, 0.1) is 5.82 Å². The smallest absolute Gasteiger partial charge is 0.416 e. The van der Waals surface area contributed by atoms with Gasteiger partial charge in [-0.25, -0.2) is 4.39 Å². The molecule has 0 N–H and O–H groups in total. The summed E-state index contributed by atoms with van der Waals surface area (Å²) < 4.78 is 62.5. The molecule has 0 aliphatic carbocycles. The molecule has 0 spiro atoms. The minimum Gasteiger partial charge on any atom is -0.484 e. The third-order valence-corrected chi connectivity index (χ3v) is 6.34. The quantitative estimate of drug-likeness (QED) is 0.354. The van der Waals surface area contributed by atoms with Crippen molar-refractivity contribution < 1.29 is 31.8 Å². The molecule has 1 aliphatic rings. The van der Waals surface area contributed by atoms with Crippen molar-refractivity contribution in [1.29, 1.82) is 0 Å². The molecular weight excluding hydrogens is 488 g/mol. The minimum absolute atomic E-state index is 0.00717. The van der Waals surface area contributed by atoms with Crippen LogP contribution < -0.4 is 9.47 Å². The van der Waals surface area contributed by atoms with E-state index in [4.69, 9.17) is 9.47 Å². The summed E-state index contributed by atoms with van der Waals surface area (Å²) in [6, 6.07) is 17.5. The Morgan fingerprint density at radius 1 is 0.838 bits per heavy atom. The Labute approximate surface area is 213 Å². The number of hydrogen-bond donors (Lipinski definition) is 0. The Morgan fingerprint density at radius 2 is 1.41 bits per heavy atom. The fourth-order valence-corrected chi connectivity index (χ4v) is 4.27. The van der Waals surface area contributed by atoms with Crippen LogP contribution in [0.15, 0.2) is 72.8 Å². The van der Waals surface area contributed by atoms with E-state index in [1.54, 1.807) is 36.4 Å². The monoisotopic (exact) mass is 516 g/mol. The second kappa shape index (κ2) is 11.2. The Morgan fingerprint density at radius 3 is 2.00 bits per heavy atom. The lowest BCUT2D eigenvalue weighted by Gasteiger charge is -2.44. The van der Waals surface area contributed by atoms with E-state index in [1.165, 1.54) is 24.3 Å². The van der Waals surface area contributed by atoms with Crippen molar-refractivity contribution >= 4 is 5.91 Å².